The van der Waals surface area contributed by atoms with Crippen LogP contribution in [0, 0.1) is 11.6 Å². The van der Waals surface area contributed by atoms with Gasteiger partial charge in [-0.15, -0.1) is 0 Å². The van der Waals surface area contributed by atoms with E-state index in [9.17, 15) is 8.78 Å². The molecule has 0 radical (unpaired) electrons. The SMILES string of the molecule is Fc1ccc(Cl)c(CNCCc2ccccc2F)c1. The van der Waals surface area contributed by atoms with Crippen LogP contribution in [0.2, 0.25) is 5.02 Å². The van der Waals surface area contributed by atoms with Crippen molar-refractivity contribution in [2.24, 2.45) is 0 Å². The molecule has 1 nitrogen and oxygen atoms in total. The van der Waals surface area contributed by atoms with E-state index in [0.29, 0.717) is 35.7 Å². The van der Waals surface area contributed by atoms with Crippen LogP contribution in [0.5, 0.6) is 0 Å². The van der Waals surface area contributed by atoms with E-state index in [1.807, 2.05) is 6.07 Å². The predicted molar refractivity (Wildman–Crippen MR) is 73.2 cm³/mol. The number of rotatable bonds is 5. The van der Waals surface area contributed by atoms with Gasteiger partial charge in [-0.1, -0.05) is 29.8 Å². The van der Waals surface area contributed by atoms with Crippen LogP contribution in [0.4, 0.5) is 8.78 Å². The molecule has 0 amide bonds. The van der Waals surface area contributed by atoms with Gasteiger partial charge in [0.25, 0.3) is 0 Å². The molecule has 2 aromatic rings. The largest absolute Gasteiger partial charge is 0.312 e. The van der Waals surface area contributed by atoms with Gasteiger partial charge in [-0.3, -0.25) is 0 Å². The van der Waals surface area contributed by atoms with Gasteiger partial charge in [0.15, 0.2) is 0 Å². The molecule has 0 spiro atoms. The van der Waals surface area contributed by atoms with Gasteiger partial charge in [0.1, 0.15) is 11.6 Å². The lowest BCUT2D eigenvalue weighted by Crippen LogP contribution is -2.17. The fourth-order valence-electron chi connectivity index (χ4n) is 1.83. The average molecular weight is 282 g/mol. The summed E-state index contributed by atoms with van der Waals surface area (Å²) in [5.74, 6) is -0.511. The standard InChI is InChI=1S/C15H14ClF2N/c16-14-6-5-13(17)9-12(14)10-19-8-7-11-3-1-2-4-15(11)18/h1-6,9,19H,7-8,10H2. The third kappa shape index (κ3) is 4.01. The molecule has 0 aliphatic rings. The van der Waals surface area contributed by atoms with Crippen molar-refractivity contribution >= 4 is 11.6 Å². The van der Waals surface area contributed by atoms with Crippen molar-refractivity contribution in [3.8, 4) is 0 Å². The normalized spacial score (nSPS) is 10.7. The molecular formula is C15H14ClF2N. The summed E-state index contributed by atoms with van der Waals surface area (Å²) in [5, 5.41) is 3.66. The Kier molecular flexibility index (Phi) is 4.88. The molecule has 0 saturated heterocycles. The van der Waals surface area contributed by atoms with Crippen LogP contribution in [0.1, 0.15) is 11.1 Å². The molecule has 4 heteroatoms. The Morgan fingerprint density at radius 1 is 1.00 bits per heavy atom. The summed E-state index contributed by atoms with van der Waals surface area (Å²) in [5.41, 5.74) is 1.37. The fraction of sp³-hybridized carbons (Fsp3) is 0.200. The zero-order valence-corrected chi connectivity index (χ0v) is 11.1. The maximum Gasteiger partial charge on any atom is 0.126 e. The van der Waals surface area contributed by atoms with Crippen LogP contribution in [0.15, 0.2) is 42.5 Å². The van der Waals surface area contributed by atoms with Crippen molar-refractivity contribution in [2.75, 3.05) is 6.54 Å². The summed E-state index contributed by atoms with van der Waals surface area (Å²) in [4.78, 5) is 0. The Morgan fingerprint density at radius 3 is 2.58 bits per heavy atom. The first-order chi connectivity index (χ1) is 9.16. The molecule has 0 saturated carbocycles. The van der Waals surface area contributed by atoms with Crippen LogP contribution >= 0.6 is 11.6 Å². The smallest absolute Gasteiger partial charge is 0.126 e. The third-order valence-electron chi connectivity index (χ3n) is 2.85. The first-order valence-corrected chi connectivity index (χ1v) is 6.42. The lowest BCUT2D eigenvalue weighted by molar-refractivity contribution is 0.596. The first-order valence-electron chi connectivity index (χ1n) is 6.05. The monoisotopic (exact) mass is 281 g/mol. The number of nitrogens with one attached hydrogen (secondary N) is 1. The fourth-order valence-corrected chi connectivity index (χ4v) is 2.01. The highest BCUT2D eigenvalue weighted by Gasteiger charge is 2.03. The lowest BCUT2D eigenvalue weighted by atomic mass is 10.1. The van der Waals surface area contributed by atoms with Crippen molar-refractivity contribution in [2.45, 2.75) is 13.0 Å². The van der Waals surface area contributed by atoms with Gasteiger partial charge in [-0.25, -0.2) is 8.78 Å². The molecule has 19 heavy (non-hydrogen) atoms. The quantitative estimate of drug-likeness (QED) is 0.818. The molecule has 0 heterocycles. The molecule has 0 fully saturated rings. The van der Waals surface area contributed by atoms with E-state index in [4.69, 9.17) is 11.6 Å². The van der Waals surface area contributed by atoms with E-state index in [1.165, 1.54) is 24.3 Å². The molecule has 2 rings (SSSR count). The number of hydrogen-bond acceptors (Lipinski definition) is 1. The van der Waals surface area contributed by atoms with E-state index in [2.05, 4.69) is 5.32 Å². The average Bonchev–Trinajstić information content (AvgIpc) is 2.40. The minimum Gasteiger partial charge on any atom is -0.312 e. The van der Waals surface area contributed by atoms with E-state index in [1.54, 1.807) is 12.1 Å². The van der Waals surface area contributed by atoms with E-state index >= 15 is 0 Å². The summed E-state index contributed by atoms with van der Waals surface area (Å²) in [6.45, 7) is 1.07. The summed E-state index contributed by atoms with van der Waals surface area (Å²) < 4.78 is 26.4. The molecule has 0 bridgehead atoms. The summed E-state index contributed by atoms with van der Waals surface area (Å²) in [7, 11) is 0. The highest BCUT2D eigenvalue weighted by molar-refractivity contribution is 6.31. The molecule has 1 N–H and O–H groups in total. The molecule has 0 unspecified atom stereocenters. The predicted octanol–water partition coefficient (Wildman–Crippen LogP) is 3.95. The van der Waals surface area contributed by atoms with Gasteiger partial charge in [0.2, 0.25) is 0 Å². The first kappa shape index (κ1) is 14.0. The van der Waals surface area contributed by atoms with Crippen LogP contribution in [-0.2, 0) is 13.0 Å². The van der Waals surface area contributed by atoms with Crippen molar-refractivity contribution in [3.63, 3.8) is 0 Å². The molecule has 100 valence electrons. The number of hydrogen-bond donors (Lipinski definition) is 1. The lowest BCUT2D eigenvalue weighted by Gasteiger charge is -2.07. The zero-order chi connectivity index (χ0) is 13.7. The maximum absolute atomic E-state index is 13.4. The van der Waals surface area contributed by atoms with Crippen LogP contribution in [-0.4, -0.2) is 6.54 Å². The topological polar surface area (TPSA) is 12.0 Å². The highest BCUT2D eigenvalue weighted by atomic mass is 35.5. The van der Waals surface area contributed by atoms with Gasteiger partial charge >= 0.3 is 0 Å². The van der Waals surface area contributed by atoms with Gasteiger partial charge in [-0.05, 0) is 48.4 Å². The minimum atomic E-state index is -0.310. The van der Waals surface area contributed by atoms with Crippen molar-refractivity contribution in [3.05, 3.63) is 70.2 Å². The third-order valence-corrected chi connectivity index (χ3v) is 3.22. The van der Waals surface area contributed by atoms with E-state index in [-0.39, 0.29) is 11.6 Å². The van der Waals surface area contributed by atoms with Crippen LogP contribution in [0.3, 0.4) is 0 Å². The molecule has 0 aliphatic heterocycles. The van der Waals surface area contributed by atoms with Gasteiger partial charge < -0.3 is 5.32 Å². The van der Waals surface area contributed by atoms with Crippen molar-refractivity contribution in [1.82, 2.24) is 5.32 Å². The van der Waals surface area contributed by atoms with E-state index in [0.717, 1.165) is 0 Å². The van der Waals surface area contributed by atoms with Crippen LogP contribution in [0.25, 0.3) is 0 Å². The van der Waals surface area contributed by atoms with Crippen LogP contribution < -0.4 is 5.32 Å². The molecular weight excluding hydrogens is 268 g/mol. The zero-order valence-electron chi connectivity index (χ0n) is 10.3. The van der Waals surface area contributed by atoms with Crippen molar-refractivity contribution < 1.29 is 8.78 Å². The second-order valence-electron chi connectivity index (χ2n) is 4.25. The maximum atomic E-state index is 13.4. The Morgan fingerprint density at radius 2 is 1.79 bits per heavy atom. The molecule has 0 aliphatic carbocycles. The molecule has 0 aromatic heterocycles. The second-order valence-corrected chi connectivity index (χ2v) is 4.66. The van der Waals surface area contributed by atoms with Gasteiger partial charge in [0, 0.05) is 11.6 Å². The Bertz CT molecular complexity index is 558. The van der Waals surface area contributed by atoms with E-state index < -0.39 is 0 Å². The minimum absolute atomic E-state index is 0.201. The summed E-state index contributed by atoms with van der Waals surface area (Å²) >= 11 is 5.95. The summed E-state index contributed by atoms with van der Waals surface area (Å²) in [6.07, 6.45) is 0.583. The van der Waals surface area contributed by atoms with Crippen molar-refractivity contribution in [1.29, 1.82) is 0 Å². The highest BCUT2D eigenvalue weighted by Crippen LogP contribution is 2.16. The number of benzene rings is 2. The summed E-state index contributed by atoms with van der Waals surface area (Å²) in [6, 6.07) is 10.9. The van der Waals surface area contributed by atoms with Gasteiger partial charge in [0.05, 0.1) is 0 Å². The Labute approximate surface area is 116 Å². The Hall–Kier alpha value is -1.45. The molecule has 0 atom stereocenters. The second kappa shape index (κ2) is 6.64. The molecule has 2 aromatic carbocycles. The number of halogens is 3. The Balaban J connectivity index is 1.84. The van der Waals surface area contributed by atoms with Gasteiger partial charge in [-0.2, -0.15) is 0 Å².